The minimum atomic E-state index is -0.550. The summed E-state index contributed by atoms with van der Waals surface area (Å²) >= 11 is 0. The Bertz CT molecular complexity index is 476. The van der Waals surface area contributed by atoms with Crippen molar-refractivity contribution in [2.24, 2.45) is 0 Å². The number of benzene rings is 1. The summed E-state index contributed by atoms with van der Waals surface area (Å²) in [6.07, 6.45) is 0. The number of hydrogen-bond donors (Lipinski definition) is 2. The summed E-state index contributed by atoms with van der Waals surface area (Å²) in [4.78, 5) is 12.0. The Balaban J connectivity index is 3.55. The molecule has 1 aromatic carbocycles. The molecule has 0 unspecified atom stereocenters. The zero-order valence-corrected chi connectivity index (χ0v) is 12.2. The van der Waals surface area contributed by atoms with Crippen LogP contribution in [0.4, 0.5) is 0 Å². The summed E-state index contributed by atoms with van der Waals surface area (Å²) in [5, 5.41) is 20.3. The molecule has 1 rings (SSSR count). The minimum absolute atomic E-state index is 0.00239. The molecule has 0 aliphatic rings. The molecule has 0 fully saturated rings. The quantitative estimate of drug-likeness (QED) is 0.818. The number of hydrogen-bond acceptors (Lipinski definition) is 4. The highest BCUT2D eigenvalue weighted by Crippen LogP contribution is 2.41. The molecule has 0 radical (unpaired) electrons. The van der Waals surface area contributed by atoms with E-state index in [0.717, 1.165) is 0 Å². The van der Waals surface area contributed by atoms with Crippen LogP contribution in [0.5, 0.6) is 11.5 Å². The maximum absolute atomic E-state index is 12.0. The lowest BCUT2D eigenvalue weighted by Crippen LogP contribution is -2.11. The second-order valence-corrected chi connectivity index (χ2v) is 5.15. The lowest BCUT2D eigenvalue weighted by atomic mass is 9.90. The molecule has 0 aromatic heterocycles. The molecule has 4 heteroatoms. The summed E-state index contributed by atoms with van der Waals surface area (Å²) in [7, 11) is 0. The van der Waals surface area contributed by atoms with E-state index in [9.17, 15) is 15.0 Å². The van der Waals surface area contributed by atoms with E-state index >= 15 is 0 Å². The third kappa shape index (κ3) is 3.00. The Morgan fingerprint density at radius 1 is 1.21 bits per heavy atom. The molecule has 0 spiro atoms. The SMILES string of the molecule is CCOC(=O)c1c(C(C)C)cc(O)c(C(C)C)c1O. The van der Waals surface area contributed by atoms with Crippen molar-refractivity contribution in [1.29, 1.82) is 0 Å². The van der Waals surface area contributed by atoms with Gasteiger partial charge in [0.25, 0.3) is 0 Å². The van der Waals surface area contributed by atoms with Crippen molar-refractivity contribution in [2.75, 3.05) is 6.61 Å². The molecule has 0 amide bonds. The Morgan fingerprint density at radius 2 is 1.79 bits per heavy atom. The van der Waals surface area contributed by atoms with Crippen molar-refractivity contribution in [3.63, 3.8) is 0 Å². The number of esters is 1. The van der Waals surface area contributed by atoms with Gasteiger partial charge in [-0.15, -0.1) is 0 Å². The van der Waals surface area contributed by atoms with E-state index < -0.39 is 5.97 Å². The van der Waals surface area contributed by atoms with E-state index in [1.54, 1.807) is 13.0 Å². The number of aromatic hydroxyl groups is 2. The van der Waals surface area contributed by atoms with Crippen molar-refractivity contribution < 1.29 is 19.7 Å². The molecule has 19 heavy (non-hydrogen) atoms. The van der Waals surface area contributed by atoms with Gasteiger partial charge in [-0.05, 0) is 30.4 Å². The van der Waals surface area contributed by atoms with Gasteiger partial charge in [0.05, 0.1) is 6.61 Å². The third-order valence-electron chi connectivity index (χ3n) is 3.03. The highest BCUT2D eigenvalue weighted by molar-refractivity contribution is 5.95. The van der Waals surface area contributed by atoms with E-state index in [1.807, 2.05) is 27.7 Å². The molecular weight excluding hydrogens is 244 g/mol. The highest BCUT2D eigenvalue weighted by Gasteiger charge is 2.26. The molecule has 0 saturated heterocycles. The molecule has 0 aliphatic heterocycles. The van der Waals surface area contributed by atoms with E-state index in [0.29, 0.717) is 11.1 Å². The van der Waals surface area contributed by atoms with Crippen molar-refractivity contribution in [1.82, 2.24) is 0 Å². The van der Waals surface area contributed by atoms with Gasteiger partial charge in [0.15, 0.2) is 0 Å². The molecule has 0 heterocycles. The predicted octanol–water partition coefficient (Wildman–Crippen LogP) is 3.52. The molecule has 0 bridgehead atoms. The first-order chi connectivity index (χ1) is 8.81. The topological polar surface area (TPSA) is 66.8 Å². The van der Waals surface area contributed by atoms with Crippen LogP contribution in [0.15, 0.2) is 6.07 Å². The van der Waals surface area contributed by atoms with Gasteiger partial charge in [-0.3, -0.25) is 0 Å². The summed E-state index contributed by atoms with van der Waals surface area (Å²) in [5.41, 5.74) is 1.14. The fourth-order valence-corrected chi connectivity index (χ4v) is 2.13. The van der Waals surface area contributed by atoms with Gasteiger partial charge in [0.1, 0.15) is 17.1 Å². The van der Waals surface area contributed by atoms with Gasteiger partial charge in [-0.1, -0.05) is 27.7 Å². The Labute approximate surface area is 114 Å². The van der Waals surface area contributed by atoms with E-state index in [2.05, 4.69) is 0 Å². The fourth-order valence-electron chi connectivity index (χ4n) is 2.13. The standard InChI is InChI=1S/C15H22O4/c1-6-19-15(18)13-10(8(2)3)7-11(16)12(9(4)5)14(13)17/h7-9,16-17H,6H2,1-5H3. The van der Waals surface area contributed by atoms with Gasteiger partial charge < -0.3 is 14.9 Å². The number of phenolic OH excluding ortho intramolecular Hbond substituents is 2. The number of phenols is 2. The van der Waals surface area contributed by atoms with E-state index in [4.69, 9.17) is 4.74 Å². The van der Waals surface area contributed by atoms with Crippen LogP contribution in [-0.4, -0.2) is 22.8 Å². The van der Waals surface area contributed by atoms with Gasteiger partial charge in [0, 0.05) is 5.56 Å². The average Bonchev–Trinajstić information content (AvgIpc) is 2.27. The van der Waals surface area contributed by atoms with Crippen molar-refractivity contribution in [2.45, 2.75) is 46.5 Å². The zero-order valence-electron chi connectivity index (χ0n) is 12.2. The monoisotopic (exact) mass is 266 g/mol. The molecule has 1 aromatic rings. The lowest BCUT2D eigenvalue weighted by Gasteiger charge is -2.19. The predicted molar refractivity (Wildman–Crippen MR) is 73.9 cm³/mol. The van der Waals surface area contributed by atoms with Crippen LogP contribution >= 0.6 is 0 Å². The smallest absolute Gasteiger partial charge is 0.342 e. The van der Waals surface area contributed by atoms with E-state index in [1.165, 1.54) is 0 Å². The summed E-state index contributed by atoms with van der Waals surface area (Å²) in [6, 6.07) is 1.55. The van der Waals surface area contributed by atoms with Gasteiger partial charge >= 0.3 is 5.97 Å². The zero-order chi connectivity index (χ0) is 14.7. The van der Waals surface area contributed by atoms with Gasteiger partial charge in [0.2, 0.25) is 0 Å². The minimum Gasteiger partial charge on any atom is -0.508 e. The van der Waals surface area contributed by atoms with Crippen LogP contribution in [-0.2, 0) is 4.74 Å². The molecule has 0 aliphatic carbocycles. The Morgan fingerprint density at radius 3 is 2.21 bits per heavy atom. The molecule has 0 atom stereocenters. The Kier molecular flexibility index (Phi) is 4.81. The second-order valence-electron chi connectivity index (χ2n) is 5.15. The molecule has 4 nitrogen and oxygen atoms in total. The summed E-state index contributed by atoms with van der Waals surface area (Å²) < 4.78 is 4.99. The first kappa shape index (κ1) is 15.3. The molecular formula is C15H22O4. The van der Waals surface area contributed by atoms with Crippen LogP contribution in [0.1, 0.15) is 67.9 Å². The van der Waals surface area contributed by atoms with Crippen LogP contribution in [0.2, 0.25) is 0 Å². The highest BCUT2D eigenvalue weighted by atomic mass is 16.5. The van der Waals surface area contributed by atoms with Crippen LogP contribution in [0, 0.1) is 0 Å². The first-order valence-electron chi connectivity index (χ1n) is 6.57. The maximum Gasteiger partial charge on any atom is 0.342 e. The van der Waals surface area contributed by atoms with Crippen LogP contribution in [0.3, 0.4) is 0 Å². The number of carbonyl (C=O) groups excluding carboxylic acids is 1. The van der Waals surface area contributed by atoms with E-state index in [-0.39, 0.29) is 35.5 Å². The van der Waals surface area contributed by atoms with Crippen molar-refractivity contribution in [3.8, 4) is 11.5 Å². The lowest BCUT2D eigenvalue weighted by molar-refractivity contribution is 0.0521. The second kappa shape index (κ2) is 5.95. The largest absolute Gasteiger partial charge is 0.508 e. The molecule has 0 saturated carbocycles. The maximum atomic E-state index is 12.0. The summed E-state index contributed by atoms with van der Waals surface area (Å²) in [6.45, 7) is 9.44. The number of ether oxygens (including phenoxy) is 1. The van der Waals surface area contributed by atoms with Crippen molar-refractivity contribution in [3.05, 3.63) is 22.8 Å². The average molecular weight is 266 g/mol. The normalized spacial score (nSPS) is 11.1. The van der Waals surface area contributed by atoms with Crippen LogP contribution < -0.4 is 0 Å². The third-order valence-corrected chi connectivity index (χ3v) is 3.03. The molecule has 106 valence electrons. The first-order valence-corrected chi connectivity index (χ1v) is 6.57. The summed E-state index contributed by atoms with van der Waals surface area (Å²) in [5.74, 6) is -0.793. The van der Waals surface area contributed by atoms with Gasteiger partial charge in [-0.2, -0.15) is 0 Å². The Hall–Kier alpha value is -1.71. The fraction of sp³-hybridized carbons (Fsp3) is 0.533. The van der Waals surface area contributed by atoms with Crippen molar-refractivity contribution >= 4 is 5.97 Å². The molecule has 2 N–H and O–H groups in total. The van der Waals surface area contributed by atoms with Gasteiger partial charge in [-0.25, -0.2) is 4.79 Å². The number of rotatable bonds is 4. The number of carbonyl (C=O) groups is 1. The van der Waals surface area contributed by atoms with Crippen LogP contribution in [0.25, 0.3) is 0 Å².